The summed E-state index contributed by atoms with van der Waals surface area (Å²) in [5.74, 6) is -0.598. The Kier molecular flexibility index (Phi) is 5.91. The molecule has 1 unspecified atom stereocenters. The van der Waals surface area contributed by atoms with Crippen LogP contribution >= 0.6 is 0 Å². The van der Waals surface area contributed by atoms with Gasteiger partial charge >= 0.3 is 5.97 Å². The van der Waals surface area contributed by atoms with Crippen LogP contribution in [0.2, 0.25) is 0 Å². The number of nitrogens with one attached hydrogen (secondary N) is 2. The molecule has 2 fully saturated rings. The summed E-state index contributed by atoms with van der Waals surface area (Å²) in [6.45, 7) is 0.459. The Morgan fingerprint density at radius 3 is 2.27 bits per heavy atom. The van der Waals surface area contributed by atoms with Gasteiger partial charge in [-0.05, 0) is 49.3 Å². The summed E-state index contributed by atoms with van der Waals surface area (Å²) in [4.78, 5) is 35.3. The second kappa shape index (κ2) is 8.34. The van der Waals surface area contributed by atoms with Crippen molar-refractivity contribution in [1.29, 1.82) is 0 Å². The normalized spacial score (nSPS) is 18.3. The van der Waals surface area contributed by atoms with Gasteiger partial charge in [-0.2, -0.15) is 0 Å². The topological polar surface area (TPSA) is 95.5 Å². The van der Waals surface area contributed by atoms with Crippen molar-refractivity contribution in [3.8, 4) is 0 Å². The quantitative estimate of drug-likeness (QED) is 0.665. The molecule has 0 aromatic heterocycles. The Morgan fingerprint density at radius 2 is 1.69 bits per heavy atom. The van der Waals surface area contributed by atoms with Gasteiger partial charge in [-0.25, -0.2) is 0 Å². The fraction of sp³-hybridized carbons (Fsp3) is 0.550. The van der Waals surface area contributed by atoms with Gasteiger partial charge < -0.3 is 15.7 Å². The van der Waals surface area contributed by atoms with Crippen molar-refractivity contribution >= 4 is 17.8 Å². The van der Waals surface area contributed by atoms with Gasteiger partial charge in [0.25, 0.3) is 5.91 Å². The van der Waals surface area contributed by atoms with Crippen molar-refractivity contribution in [3.63, 3.8) is 0 Å². The highest BCUT2D eigenvalue weighted by molar-refractivity contribution is 5.94. The largest absolute Gasteiger partial charge is 0.481 e. The van der Waals surface area contributed by atoms with E-state index in [1.54, 1.807) is 12.1 Å². The zero-order valence-corrected chi connectivity index (χ0v) is 14.9. The average Bonchev–Trinajstić information content (AvgIpc) is 3.33. The van der Waals surface area contributed by atoms with E-state index in [4.69, 9.17) is 5.11 Å². The van der Waals surface area contributed by atoms with Gasteiger partial charge in [0.1, 0.15) is 0 Å². The number of carboxylic acid groups (broad SMARTS) is 1. The van der Waals surface area contributed by atoms with Crippen molar-refractivity contribution in [1.82, 2.24) is 10.6 Å². The molecule has 0 heterocycles. The van der Waals surface area contributed by atoms with Gasteiger partial charge in [-0.15, -0.1) is 0 Å². The number of carbonyl (C=O) groups is 3. The summed E-state index contributed by atoms with van der Waals surface area (Å²) in [5.41, 5.74) is 1.45. The Hall–Kier alpha value is -2.37. The van der Waals surface area contributed by atoms with Crippen molar-refractivity contribution in [2.45, 2.75) is 57.5 Å². The maximum absolute atomic E-state index is 12.3. The van der Waals surface area contributed by atoms with Crippen LogP contribution in [-0.2, 0) is 16.1 Å². The molecule has 0 saturated heterocycles. The summed E-state index contributed by atoms with van der Waals surface area (Å²) in [7, 11) is 0. The monoisotopic (exact) mass is 358 g/mol. The second-order valence-corrected chi connectivity index (χ2v) is 7.41. The molecule has 140 valence electrons. The van der Waals surface area contributed by atoms with E-state index in [0.717, 1.165) is 44.1 Å². The van der Waals surface area contributed by atoms with E-state index in [9.17, 15) is 14.4 Å². The lowest BCUT2D eigenvalue weighted by Crippen LogP contribution is -2.38. The van der Waals surface area contributed by atoms with Crippen LogP contribution in [0.5, 0.6) is 0 Å². The highest BCUT2D eigenvalue weighted by atomic mass is 16.4. The molecule has 3 rings (SSSR count). The fourth-order valence-corrected chi connectivity index (χ4v) is 3.57. The predicted molar refractivity (Wildman–Crippen MR) is 96.5 cm³/mol. The van der Waals surface area contributed by atoms with Gasteiger partial charge in [-0.3, -0.25) is 14.4 Å². The molecule has 2 aliphatic rings. The highest BCUT2D eigenvalue weighted by Crippen LogP contribution is 2.34. The van der Waals surface area contributed by atoms with Crippen LogP contribution in [-0.4, -0.2) is 28.9 Å². The molecule has 0 bridgehead atoms. The molecule has 0 spiro atoms. The maximum Gasteiger partial charge on any atom is 0.305 e. The molecule has 0 aliphatic heterocycles. The van der Waals surface area contributed by atoms with Crippen LogP contribution in [0.3, 0.4) is 0 Å². The third-order valence-electron chi connectivity index (χ3n) is 5.31. The molecule has 6 heteroatoms. The molecule has 6 nitrogen and oxygen atoms in total. The molecular weight excluding hydrogens is 332 g/mol. The van der Waals surface area contributed by atoms with Crippen LogP contribution in [0, 0.1) is 11.8 Å². The van der Waals surface area contributed by atoms with Crippen LogP contribution in [0.25, 0.3) is 0 Å². The summed E-state index contributed by atoms with van der Waals surface area (Å²) in [5, 5.41) is 14.8. The molecule has 1 aromatic carbocycles. The molecule has 2 amide bonds. The number of aliphatic carboxylic acids is 1. The van der Waals surface area contributed by atoms with Crippen molar-refractivity contribution < 1.29 is 19.5 Å². The number of hydrogen-bond donors (Lipinski definition) is 3. The zero-order chi connectivity index (χ0) is 18.5. The minimum absolute atomic E-state index is 0.0400. The number of hydrogen-bond acceptors (Lipinski definition) is 3. The molecular formula is C20H26N2O4. The van der Waals surface area contributed by atoms with Crippen molar-refractivity contribution in [3.05, 3.63) is 35.4 Å². The first-order chi connectivity index (χ1) is 12.5. The number of carboxylic acids is 1. The van der Waals surface area contributed by atoms with Gasteiger partial charge in [-0.1, -0.05) is 25.0 Å². The number of amides is 2. The average molecular weight is 358 g/mol. The number of benzene rings is 1. The molecule has 26 heavy (non-hydrogen) atoms. The van der Waals surface area contributed by atoms with E-state index >= 15 is 0 Å². The van der Waals surface area contributed by atoms with Crippen LogP contribution in [0.1, 0.15) is 60.9 Å². The lowest BCUT2D eigenvalue weighted by atomic mass is 10.1. The fourth-order valence-electron chi connectivity index (χ4n) is 3.57. The maximum atomic E-state index is 12.3. The summed E-state index contributed by atoms with van der Waals surface area (Å²) in [6, 6.07) is 6.79. The standard InChI is InChI=1S/C20H26N2O4/c23-18(24)11-17(14-9-10-14)22-20(26)16-7-5-13(6-8-16)12-21-19(25)15-3-1-2-4-15/h5-8,14-15,17H,1-4,9-12H2,(H,21,25)(H,22,26)(H,23,24). The van der Waals surface area contributed by atoms with Crippen molar-refractivity contribution in [2.75, 3.05) is 0 Å². The first-order valence-corrected chi connectivity index (χ1v) is 9.42. The Morgan fingerprint density at radius 1 is 1.04 bits per heavy atom. The summed E-state index contributed by atoms with van der Waals surface area (Å²) >= 11 is 0. The van der Waals surface area contributed by atoms with Crippen LogP contribution in [0.4, 0.5) is 0 Å². The molecule has 2 aliphatic carbocycles. The zero-order valence-electron chi connectivity index (χ0n) is 14.9. The van der Waals surface area contributed by atoms with Crippen LogP contribution < -0.4 is 10.6 Å². The number of carbonyl (C=O) groups excluding carboxylic acids is 2. The van der Waals surface area contributed by atoms with Crippen molar-refractivity contribution in [2.24, 2.45) is 11.8 Å². The molecule has 0 radical (unpaired) electrons. The predicted octanol–water partition coefficient (Wildman–Crippen LogP) is 2.48. The SMILES string of the molecule is O=C(O)CC(NC(=O)c1ccc(CNC(=O)C2CCCC2)cc1)C1CC1. The van der Waals surface area contributed by atoms with Gasteiger partial charge in [0.2, 0.25) is 5.91 Å². The minimum atomic E-state index is -0.893. The molecule has 3 N–H and O–H groups in total. The van der Waals surface area contributed by atoms with E-state index in [0.29, 0.717) is 12.1 Å². The lowest BCUT2D eigenvalue weighted by molar-refractivity contribution is -0.137. The third-order valence-corrected chi connectivity index (χ3v) is 5.31. The Labute approximate surface area is 153 Å². The lowest BCUT2D eigenvalue weighted by Gasteiger charge is -2.16. The van der Waals surface area contributed by atoms with E-state index in [1.165, 1.54) is 0 Å². The van der Waals surface area contributed by atoms with Gasteiger partial charge in [0.15, 0.2) is 0 Å². The highest BCUT2D eigenvalue weighted by Gasteiger charge is 2.33. The molecule has 1 atom stereocenters. The summed E-state index contributed by atoms with van der Waals surface area (Å²) < 4.78 is 0. The smallest absolute Gasteiger partial charge is 0.305 e. The van der Waals surface area contributed by atoms with E-state index in [-0.39, 0.29) is 36.1 Å². The second-order valence-electron chi connectivity index (χ2n) is 7.41. The first-order valence-electron chi connectivity index (χ1n) is 9.42. The Balaban J connectivity index is 1.50. The third kappa shape index (κ3) is 5.07. The van der Waals surface area contributed by atoms with Gasteiger partial charge in [0.05, 0.1) is 6.42 Å². The Bertz CT molecular complexity index is 661. The number of rotatable bonds is 8. The minimum Gasteiger partial charge on any atom is -0.481 e. The van der Waals surface area contributed by atoms with Crippen LogP contribution in [0.15, 0.2) is 24.3 Å². The van der Waals surface area contributed by atoms with E-state index < -0.39 is 5.97 Å². The molecule has 2 saturated carbocycles. The van der Waals surface area contributed by atoms with E-state index in [1.807, 2.05) is 12.1 Å². The van der Waals surface area contributed by atoms with E-state index in [2.05, 4.69) is 10.6 Å². The first kappa shape index (κ1) is 18.4. The van der Waals surface area contributed by atoms with Gasteiger partial charge in [0, 0.05) is 24.1 Å². The summed E-state index contributed by atoms with van der Waals surface area (Å²) in [6.07, 6.45) is 6.11. The molecule has 1 aromatic rings.